The summed E-state index contributed by atoms with van der Waals surface area (Å²) in [7, 11) is -2.86. The van der Waals surface area contributed by atoms with E-state index in [1.807, 2.05) is 24.3 Å². The van der Waals surface area contributed by atoms with E-state index in [0.29, 0.717) is 27.9 Å². The summed E-state index contributed by atoms with van der Waals surface area (Å²) in [5.74, 6) is 0. The van der Waals surface area contributed by atoms with Crippen molar-refractivity contribution in [1.29, 1.82) is 0 Å². The van der Waals surface area contributed by atoms with Crippen LogP contribution in [-0.4, -0.2) is 0 Å². The fourth-order valence-electron chi connectivity index (χ4n) is 2.62. The first-order valence-electron chi connectivity index (χ1n) is 5.90. The van der Waals surface area contributed by atoms with Gasteiger partial charge in [0.25, 0.3) is 0 Å². The van der Waals surface area contributed by atoms with Crippen molar-refractivity contribution >= 4 is 60.4 Å². The first kappa shape index (κ1) is 9.70. The quantitative estimate of drug-likeness (QED) is 0.335. The minimum atomic E-state index is -1.49. The molecule has 2 unspecified atom stereocenters. The number of hydrogen-bond donors (Lipinski definition) is 0. The molecule has 6 aromatic rings. The molecule has 2 aromatic carbocycles. The first-order valence-corrected chi connectivity index (χ1v) is 8.09. The summed E-state index contributed by atoms with van der Waals surface area (Å²) in [4.78, 5) is 0. The van der Waals surface area contributed by atoms with Gasteiger partial charge in [-0.1, -0.05) is 18.2 Å². The van der Waals surface area contributed by atoms with E-state index in [2.05, 4.69) is 0 Å². The standard InChI is InChI=1S/C12H4O6P2/c1-2-4-6-5(3-1)7-8-10(16-19(13-6)14-8)12-11-9(7)15-20(17-11)18-12/h1-4H. The number of benzene rings is 2. The maximum Gasteiger partial charge on any atom is 0.453 e. The lowest BCUT2D eigenvalue weighted by Crippen LogP contribution is -1.76. The molecule has 0 saturated carbocycles. The Kier molecular flexibility index (Phi) is 1.43. The van der Waals surface area contributed by atoms with Crippen molar-refractivity contribution in [3.05, 3.63) is 24.3 Å². The average Bonchev–Trinajstić information content (AvgIpc) is 3.10. The van der Waals surface area contributed by atoms with Gasteiger partial charge in [-0.25, -0.2) is 0 Å². The molecule has 4 heterocycles. The van der Waals surface area contributed by atoms with Gasteiger partial charge >= 0.3 is 16.1 Å². The summed E-state index contributed by atoms with van der Waals surface area (Å²) in [5, 5.41) is 1.74. The zero-order valence-electron chi connectivity index (χ0n) is 9.65. The van der Waals surface area contributed by atoms with E-state index >= 15 is 0 Å². The van der Waals surface area contributed by atoms with E-state index in [4.69, 9.17) is 25.2 Å². The highest BCUT2D eigenvalue weighted by Gasteiger charge is 2.27. The van der Waals surface area contributed by atoms with E-state index in [1.165, 1.54) is 0 Å². The largest absolute Gasteiger partial charge is 0.453 e. The zero-order valence-corrected chi connectivity index (χ0v) is 11.4. The summed E-state index contributed by atoms with van der Waals surface area (Å²) in [6, 6.07) is 7.72. The summed E-state index contributed by atoms with van der Waals surface area (Å²) in [6.07, 6.45) is 0. The van der Waals surface area contributed by atoms with Gasteiger partial charge in [0.1, 0.15) is 5.58 Å². The van der Waals surface area contributed by atoms with Crippen LogP contribution in [0.5, 0.6) is 0 Å². The Morgan fingerprint density at radius 2 is 1.15 bits per heavy atom. The smallest absolute Gasteiger partial charge is 0.390 e. The molecular weight excluding hydrogens is 302 g/mol. The second-order valence-corrected chi connectivity index (χ2v) is 6.50. The molecule has 6 rings (SSSR count). The van der Waals surface area contributed by atoms with Gasteiger partial charge in [-0.2, -0.15) is 0 Å². The first-order chi connectivity index (χ1) is 9.88. The van der Waals surface area contributed by atoms with Crippen LogP contribution in [0.25, 0.3) is 44.3 Å². The maximum atomic E-state index is 5.77. The number of para-hydroxylation sites is 1. The summed E-state index contributed by atoms with van der Waals surface area (Å²) < 4.78 is 34.1. The van der Waals surface area contributed by atoms with Gasteiger partial charge in [0, 0.05) is 5.39 Å². The zero-order chi connectivity index (χ0) is 12.8. The van der Waals surface area contributed by atoms with Crippen molar-refractivity contribution in [2.45, 2.75) is 0 Å². The molecule has 0 N–H and O–H groups in total. The highest BCUT2D eigenvalue weighted by molar-refractivity contribution is 7.27. The summed E-state index contributed by atoms with van der Waals surface area (Å²) in [5.41, 5.74) is 3.75. The van der Waals surface area contributed by atoms with E-state index in [9.17, 15) is 0 Å². The third-order valence-electron chi connectivity index (χ3n) is 3.44. The van der Waals surface area contributed by atoms with E-state index in [-0.39, 0.29) is 0 Å². The van der Waals surface area contributed by atoms with E-state index in [0.717, 1.165) is 16.4 Å². The number of hydrogen-bond acceptors (Lipinski definition) is 6. The van der Waals surface area contributed by atoms with Crippen LogP contribution in [0.1, 0.15) is 0 Å². The van der Waals surface area contributed by atoms with Crippen LogP contribution in [0.3, 0.4) is 0 Å². The van der Waals surface area contributed by atoms with Crippen LogP contribution in [0.2, 0.25) is 0 Å². The molecule has 0 spiro atoms. The number of rotatable bonds is 0. The van der Waals surface area contributed by atoms with E-state index in [1.54, 1.807) is 0 Å². The van der Waals surface area contributed by atoms with Gasteiger partial charge in [0.15, 0.2) is 11.2 Å². The van der Waals surface area contributed by atoms with Gasteiger partial charge in [-0.15, -0.1) is 0 Å². The Hall–Kier alpha value is -2.16. The van der Waals surface area contributed by atoms with Crippen molar-refractivity contribution in [3.63, 3.8) is 0 Å². The van der Waals surface area contributed by atoms with Crippen LogP contribution < -0.4 is 0 Å². The van der Waals surface area contributed by atoms with Crippen LogP contribution >= 0.6 is 16.1 Å². The van der Waals surface area contributed by atoms with Crippen molar-refractivity contribution in [3.8, 4) is 0 Å². The predicted octanol–water partition coefficient (Wildman–Crippen LogP) is 6.14. The molecule has 98 valence electrons. The minimum Gasteiger partial charge on any atom is -0.390 e. The van der Waals surface area contributed by atoms with Crippen molar-refractivity contribution < 1.29 is 25.2 Å². The second-order valence-electron chi connectivity index (χ2n) is 4.51. The highest BCUT2D eigenvalue weighted by atomic mass is 31.1. The molecule has 0 saturated heterocycles. The minimum absolute atomic E-state index is 0.563. The maximum absolute atomic E-state index is 5.77. The predicted molar refractivity (Wildman–Crippen MR) is 72.7 cm³/mol. The normalized spacial score (nSPS) is 14.8. The molecule has 0 aliphatic carbocycles. The summed E-state index contributed by atoms with van der Waals surface area (Å²) in [6.45, 7) is 0. The molecule has 6 nitrogen and oxygen atoms in total. The van der Waals surface area contributed by atoms with Crippen molar-refractivity contribution in [1.82, 2.24) is 0 Å². The van der Waals surface area contributed by atoms with Crippen LogP contribution in [0.4, 0.5) is 0 Å². The SMILES string of the molecule is c1ccc2c(c1)op1oc3c4op5oc4c(o5)c2c3o1. The number of fused-ring (bicyclic) bond motifs is 6. The highest BCUT2D eigenvalue weighted by Crippen LogP contribution is 2.51. The van der Waals surface area contributed by atoms with Crippen molar-refractivity contribution in [2.75, 3.05) is 0 Å². The molecule has 0 aliphatic heterocycles. The van der Waals surface area contributed by atoms with Crippen LogP contribution in [-0.2, 0) is 0 Å². The molecule has 0 amide bonds. The lowest BCUT2D eigenvalue weighted by molar-refractivity contribution is 0.590. The Bertz CT molecular complexity index is 1250. The average molecular weight is 306 g/mol. The molecule has 0 fully saturated rings. The van der Waals surface area contributed by atoms with Gasteiger partial charge in [-0.05, 0) is 6.07 Å². The lowest BCUT2D eigenvalue weighted by Gasteiger charge is -1.97. The Labute approximate surface area is 110 Å². The fourth-order valence-corrected chi connectivity index (χ4v) is 4.76. The molecule has 0 radical (unpaired) electrons. The van der Waals surface area contributed by atoms with Crippen molar-refractivity contribution in [2.24, 2.45) is 0 Å². The molecule has 8 heteroatoms. The molecule has 0 aliphatic rings. The third kappa shape index (κ3) is 0.942. The Balaban J connectivity index is 2.18. The Morgan fingerprint density at radius 3 is 1.85 bits per heavy atom. The monoisotopic (exact) mass is 306 g/mol. The molecule has 2 atom stereocenters. The molecule has 4 bridgehead atoms. The van der Waals surface area contributed by atoms with Gasteiger partial charge in [0.05, 0.1) is 5.39 Å². The third-order valence-corrected chi connectivity index (χ3v) is 5.44. The topological polar surface area (TPSA) is 78.8 Å². The molecular formula is C12H4O6P2. The lowest BCUT2D eigenvalue weighted by atomic mass is 10.1. The summed E-state index contributed by atoms with van der Waals surface area (Å²) >= 11 is 0. The second kappa shape index (κ2) is 2.95. The van der Waals surface area contributed by atoms with Crippen LogP contribution in [0, 0.1) is 0 Å². The molecule has 4 aromatic heterocycles. The van der Waals surface area contributed by atoms with Gasteiger partial charge in [-0.3, -0.25) is 0 Å². The molecule has 20 heavy (non-hydrogen) atoms. The van der Waals surface area contributed by atoms with E-state index < -0.39 is 16.1 Å². The Morgan fingerprint density at radius 1 is 0.600 bits per heavy atom. The van der Waals surface area contributed by atoms with Crippen LogP contribution in [0.15, 0.2) is 49.4 Å². The van der Waals surface area contributed by atoms with Gasteiger partial charge < -0.3 is 25.2 Å². The fraction of sp³-hybridized carbons (Fsp3) is 0. The van der Waals surface area contributed by atoms with Gasteiger partial charge in [0.2, 0.25) is 16.7 Å².